The molecule has 1 aromatic heterocycles. The number of halogens is 1. The van der Waals surface area contributed by atoms with Crippen LogP contribution in [0.1, 0.15) is 36.8 Å². The van der Waals surface area contributed by atoms with Crippen LogP contribution in [0.3, 0.4) is 0 Å². The van der Waals surface area contributed by atoms with Gasteiger partial charge in [0.25, 0.3) is 5.91 Å². The van der Waals surface area contributed by atoms with Crippen molar-refractivity contribution >= 4 is 23.2 Å². The van der Waals surface area contributed by atoms with Gasteiger partial charge in [0.1, 0.15) is 5.15 Å². The van der Waals surface area contributed by atoms with E-state index in [1.54, 1.807) is 12.1 Å². The Balaban J connectivity index is 2.29. The molecule has 104 valence electrons. The lowest BCUT2D eigenvalue weighted by atomic mass is 9.91. The van der Waals surface area contributed by atoms with Gasteiger partial charge in [-0.25, -0.2) is 4.98 Å². The summed E-state index contributed by atoms with van der Waals surface area (Å²) in [6, 6.07) is 12.7. The van der Waals surface area contributed by atoms with Crippen LogP contribution >= 0.6 is 11.6 Å². The van der Waals surface area contributed by atoms with Gasteiger partial charge in [-0.05, 0) is 24.3 Å². The van der Waals surface area contributed by atoms with Gasteiger partial charge in [-0.2, -0.15) is 0 Å². The molecule has 1 aromatic carbocycles. The zero-order chi connectivity index (χ0) is 14.8. The van der Waals surface area contributed by atoms with Gasteiger partial charge < -0.3 is 5.32 Å². The Kier molecular flexibility index (Phi) is 4.09. The lowest BCUT2D eigenvalue weighted by Crippen LogP contribution is -2.17. The van der Waals surface area contributed by atoms with E-state index in [0.29, 0.717) is 10.7 Å². The Morgan fingerprint density at radius 2 is 1.80 bits per heavy atom. The summed E-state index contributed by atoms with van der Waals surface area (Å²) in [5.74, 6) is -0.189. The summed E-state index contributed by atoms with van der Waals surface area (Å²) in [6.07, 6.45) is 0. The van der Waals surface area contributed by atoms with Gasteiger partial charge in [0.15, 0.2) is 0 Å². The van der Waals surface area contributed by atoms with Crippen LogP contribution in [-0.2, 0) is 5.41 Å². The summed E-state index contributed by atoms with van der Waals surface area (Å²) in [4.78, 5) is 16.5. The molecule has 2 rings (SSSR count). The molecule has 0 radical (unpaired) electrons. The Morgan fingerprint density at radius 3 is 2.40 bits per heavy atom. The summed E-state index contributed by atoms with van der Waals surface area (Å²) < 4.78 is 0. The maximum Gasteiger partial charge on any atom is 0.255 e. The molecular weight excluding hydrogens is 272 g/mol. The smallest absolute Gasteiger partial charge is 0.255 e. The van der Waals surface area contributed by atoms with E-state index in [2.05, 4.69) is 10.3 Å². The highest BCUT2D eigenvalue weighted by Crippen LogP contribution is 2.23. The van der Waals surface area contributed by atoms with E-state index >= 15 is 0 Å². The largest absolute Gasteiger partial charge is 0.322 e. The molecular formula is C16H17ClN2O. The first kappa shape index (κ1) is 14.5. The fraction of sp³-hybridized carbons (Fsp3) is 0.250. The topological polar surface area (TPSA) is 42.0 Å². The number of aromatic nitrogens is 1. The maximum atomic E-state index is 12.2. The van der Waals surface area contributed by atoms with Gasteiger partial charge in [-0.15, -0.1) is 0 Å². The number of nitrogens with one attached hydrogen (secondary N) is 1. The Bertz CT molecular complexity index is 618. The van der Waals surface area contributed by atoms with E-state index in [1.807, 2.05) is 51.1 Å². The second kappa shape index (κ2) is 5.63. The van der Waals surface area contributed by atoms with Crippen LogP contribution in [0.15, 0.2) is 42.5 Å². The van der Waals surface area contributed by atoms with E-state index in [-0.39, 0.29) is 11.3 Å². The second-order valence-electron chi connectivity index (χ2n) is 5.63. The predicted molar refractivity (Wildman–Crippen MR) is 82.3 cm³/mol. The molecule has 0 aliphatic rings. The van der Waals surface area contributed by atoms with Gasteiger partial charge >= 0.3 is 0 Å². The SMILES string of the molecule is CC(C)(C)c1cc(C(=O)Nc2ccccc2)cc(Cl)n1. The summed E-state index contributed by atoms with van der Waals surface area (Å²) in [7, 11) is 0. The highest BCUT2D eigenvalue weighted by atomic mass is 35.5. The zero-order valence-electron chi connectivity index (χ0n) is 11.8. The molecule has 0 aliphatic carbocycles. The van der Waals surface area contributed by atoms with Crippen molar-refractivity contribution in [1.29, 1.82) is 0 Å². The molecule has 3 nitrogen and oxygen atoms in total. The van der Waals surface area contributed by atoms with Crippen molar-refractivity contribution in [3.05, 3.63) is 58.9 Å². The van der Waals surface area contributed by atoms with Crippen LogP contribution in [0, 0.1) is 0 Å². The first-order valence-electron chi connectivity index (χ1n) is 6.41. The molecule has 0 atom stereocenters. The van der Waals surface area contributed by atoms with E-state index in [4.69, 9.17) is 11.6 Å². The molecule has 1 amide bonds. The summed E-state index contributed by atoms with van der Waals surface area (Å²) in [5, 5.41) is 3.17. The van der Waals surface area contributed by atoms with Crippen LogP contribution in [0.2, 0.25) is 5.15 Å². The number of anilines is 1. The van der Waals surface area contributed by atoms with Gasteiger partial charge in [-0.3, -0.25) is 4.79 Å². The van der Waals surface area contributed by atoms with Gasteiger partial charge in [0, 0.05) is 22.4 Å². The average molecular weight is 289 g/mol. The van der Waals surface area contributed by atoms with Gasteiger partial charge in [-0.1, -0.05) is 50.6 Å². The average Bonchev–Trinajstić information content (AvgIpc) is 2.38. The number of carbonyl (C=O) groups excluding carboxylic acids is 1. The van der Waals surface area contributed by atoms with Crippen LogP contribution in [0.5, 0.6) is 0 Å². The standard InChI is InChI=1S/C16H17ClN2O/c1-16(2,3)13-9-11(10-14(17)19-13)15(20)18-12-7-5-4-6-8-12/h4-10H,1-3H3,(H,18,20). The number of nitrogens with zero attached hydrogens (tertiary/aromatic N) is 1. The van der Waals surface area contributed by atoms with Crippen molar-refractivity contribution in [2.75, 3.05) is 5.32 Å². The van der Waals surface area contributed by atoms with Crippen molar-refractivity contribution in [3.63, 3.8) is 0 Å². The number of amides is 1. The lowest BCUT2D eigenvalue weighted by molar-refractivity contribution is 0.102. The molecule has 0 fully saturated rings. The van der Waals surface area contributed by atoms with Crippen LogP contribution in [0.4, 0.5) is 5.69 Å². The minimum Gasteiger partial charge on any atom is -0.322 e. The molecule has 2 aromatic rings. The number of benzene rings is 1. The lowest BCUT2D eigenvalue weighted by Gasteiger charge is -2.18. The second-order valence-corrected chi connectivity index (χ2v) is 6.02. The summed E-state index contributed by atoms with van der Waals surface area (Å²) in [6.45, 7) is 6.10. The summed E-state index contributed by atoms with van der Waals surface area (Å²) >= 11 is 6.01. The van der Waals surface area contributed by atoms with E-state index in [0.717, 1.165) is 11.4 Å². The Morgan fingerprint density at radius 1 is 1.15 bits per heavy atom. The summed E-state index contributed by atoms with van der Waals surface area (Å²) in [5.41, 5.74) is 1.90. The van der Waals surface area contributed by atoms with Crippen LogP contribution in [0.25, 0.3) is 0 Å². The number of para-hydroxylation sites is 1. The number of carbonyl (C=O) groups is 1. The third kappa shape index (κ3) is 3.58. The quantitative estimate of drug-likeness (QED) is 0.838. The molecule has 0 spiro atoms. The van der Waals surface area contributed by atoms with Gasteiger partial charge in [0.2, 0.25) is 0 Å². The van der Waals surface area contributed by atoms with Crippen LogP contribution in [-0.4, -0.2) is 10.9 Å². The molecule has 1 heterocycles. The number of hydrogen-bond donors (Lipinski definition) is 1. The monoisotopic (exact) mass is 288 g/mol. The molecule has 4 heteroatoms. The van der Waals surface area contributed by atoms with E-state index in [9.17, 15) is 4.79 Å². The third-order valence-corrected chi connectivity index (χ3v) is 3.05. The minimum absolute atomic E-state index is 0.160. The van der Waals surface area contributed by atoms with Crippen molar-refractivity contribution in [2.24, 2.45) is 0 Å². The highest BCUT2D eigenvalue weighted by molar-refractivity contribution is 6.29. The minimum atomic E-state index is -0.189. The number of rotatable bonds is 2. The molecule has 1 N–H and O–H groups in total. The van der Waals surface area contributed by atoms with Crippen molar-refractivity contribution in [1.82, 2.24) is 4.98 Å². The third-order valence-electron chi connectivity index (χ3n) is 2.86. The molecule has 0 aliphatic heterocycles. The van der Waals surface area contributed by atoms with Crippen molar-refractivity contribution in [3.8, 4) is 0 Å². The Labute approximate surface area is 124 Å². The molecule has 0 bridgehead atoms. The zero-order valence-corrected chi connectivity index (χ0v) is 12.5. The van der Waals surface area contributed by atoms with Crippen LogP contribution < -0.4 is 5.32 Å². The molecule has 20 heavy (non-hydrogen) atoms. The first-order chi connectivity index (χ1) is 9.36. The highest BCUT2D eigenvalue weighted by Gasteiger charge is 2.19. The molecule has 0 saturated carbocycles. The van der Waals surface area contributed by atoms with Crippen molar-refractivity contribution < 1.29 is 4.79 Å². The fourth-order valence-corrected chi connectivity index (χ4v) is 1.95. The number of hydrogen-bond acceptors (Lipinski definition) is 2. The van der Waals surface area contributed by atoms with E-state index < -0.39 is 0 Å². The Hall–Kier alpha value is -1.87. The van der Waals surface area contributed by atoms with Crippen molar-refractivity contribution in [2.45, 2.75) is 26.2 Å². The molecule has 0 unspecified atom stereocenters. The van der Waals surface area contributed by atoms with E-state index in [1.165, 1.54) is 0 Å². The normalized spacial score (nSPS) is 11.2. The maximum absolute atomic E-state index is 12.2. The predicted octanol–water partition coefficient (Wildman–Crippen LogP) is 4.28. The molecule has 0 saturated heterocycles. The first-order valence-corrected chi connectivity index (χ1v) is 6.78. The fourth-order valence-electron chi connectivity index (χ4n) is 1.74. The number of pyridine rings is 1. The van der Waals surface area contributed by atoms with Gasteiger partial charge in [0.05, 0.1) is 0 Å².